The Bertz CT molecular complexity index is 1250. The molecule has 0 aromatic rings. The zero-order valence-corrected chi connectivity index (χ0v) is 44.5. The molecule has 2 atom stereocenters. The zero-order valence-electron chi connectivity index (χ0n) is 44.5. The molecule has 0 aromatic heterocycles. The lowest BCUT2D eigenvalue weighted by atomic mass is 9.87. The summed E-state index contributed by atoms with van der Waals surface area (Å²) in [6.45, 7) is 36.0. The summed E-state index contributed by atoms with van der Waals surface area (Å²) in [6, 6.07) is -0.187. The summed E-state index contributed by atoms with van der Waals surface area (Å²) in [5.74, 6) is 4.62. The summed E-state index contributed by atoms with van der Waals surface area (Å²) >= 11 is 0. The fourth-order valence-corrected chi connectivity index (χ4v) is 5.91. The van der Waals surface area contributed by atoms with Crippen LogP contribution in [0, 0.1) is 17.8 Å². The average Bonchev–Trinajstić information content (AvgIpc) is 3.65. The molecule has 1 aliphatic heterocycles. The lowest BCUT2D eigenvalue weighted by molar-refractivity contribution is -0.188. The van der Waals surface area contributed by atoms with Crippen LogP contribution >= 0.6 is 0 Å². The number of hydroxylamine groups is 2. The molecule has 0 spiro atoms. The van der Waals surface area contributed by atoms with Gasteiger partial charge in [-0.2, -0.15) is 0 Å². The molecule has 1 aliphatic rings. The minimum atomic E-state index is -0.461. The highest BCUT2D eigenvalue weighted by Crippen LogP contribution is 2.26. The Morgan fingerprint density at radius 2 is 1.37 bits per heavy atom. The molecule has 10 N–H and O–H groups in total. The van der Waals surface area contributed by atoms with Crippen LogP contribution in [0.4, 0.5) is 4.79 Å². The molecule has 1 heterocycles. The number of nitrogens with two attached hydrogens (primary N) is 3. The van der Waals surface area contributed by atoms with E-state index in [0.29, 0.717) is 35.1 Å². The quantitative estimate of drug-likeness (QED) is 0.0101. The second-order valence-corrected chi connectivity index (χ2v) is 15.0. The summed E-state index contributed by atoms with van der Waals surface area (Å²) < 4.78 is 0. The first-order valence-electron chi connectivity index (χ1n) is 23.7. The number of ketones is 1. The predicted molar refractivity (Wildman–Crippen MR) is 279 cm³/mol. The largest absolute Gasteiger partial charge is 0.388 e. The van der Waals surface area contributed by atoms with E-state index in [1.54, 1.807) is 0 Å². The maximum atomic E-state index is 11.3. The SMILES string of the molecule is C/C=C\C(=C/C)NC.C=C(N[C@@H](CCCNC(N)=O)/C(C)=C/C)C(CCCCCC)C(C)C.C=CCCCCCCC(=O)CC(C)C.C=O.C=O.CC.CN.NO.O=CON1C(=O)CCC1=O. The number of rotatable bonds is 27. The Hall–Kier alpha value is -4.93. The van der Waals surface area contributed by atoms with Gasteiger partial charge in [-0.15, -0.1) is 11.6 Å². The number of imide groups is 1. The third-order valence-electron chi connectivity index (χ3n) is 9.30. The standard InChI is InChI=1S/C21H41N3O.C13H24O.C7H13N.C5H5NO4.C2H6.CH5N.2CH2O.H3NO/c1-7-9-10-11-13-19(16(3)4)18(6)24-20(17(5)8-2)14-12-15-23-21(22)25;1-4-5-6-7-8-9-10-13(14)11-12(2)3;1-4-6-7(5-2)8-3;7-3-10-6-4(8)1-2-5(6)9;5*1-2/h8,16,19-20,24H,6-7,9-15H2,1-5H3,(H3,22,23,25);4,12H,1,5-11H2,2-3H3;4-6,8H,1-3H3;3H,1-2H2;1-2H3;2H2,1H3;2*1H2;2H,1H2/b17-8+;;6-4-,7-5+;;;;;;/t19?,20-;;;;;;;;/m0......../s1. The van der Waals surface area contributed by atoms with Gasteiger partial charge in [0.05, 0.1) is 0 Å². The van der Waals surface area contributed by atoms with Crippen LogP contribution in [0.15, 0.2) is 60.5 Å². The Morgan fingerprint density at radius 3 is 1.76 bits per heavy atom. The van der Waals surface area contributed by atoms with Crippen molar-refractivity contribution in [2.24, 2.45) is 35.1 Å². The molecule has 1 saturated heterocycles. The van der Waals surface area contributed by atoms with E-state index in [4.69, 9.17) is 20.5 Å². The third kappa shape index (κ3) is 57.1. The maximum Gasteiger partial charge on any atom is 0.321 e. The molecule has 16 nitrogen and oxygen atoms in total. The van der Waals surface area contributed by atoms with E-state index in [0.717, 1.165) is 49.9 Å². The van der Waals surface area contributed by atoms with Crippen molar-refractivity contribution in [3.8, 4) is 0 Å². The lowest BCUT2D eigenvalue weighted by Gasteiger charge is -2.29. The topological polar surface area (TPSA) is 266 Å². The van der Waals surface area contributed by atoms with Crippen molar-refractivity contribution in [3.05, 3.63) is 60.5 Å². The van der Waals surface area contributed by atoms with E-state index in [-0.39, 0.29) is 25.4 Å². The van der Waals surface area contributed by atoms with Crippen molar-refractivity contribution in [3.63, 3.8) is 0 Å². The zero-order chi connectivity index (χ0) is 54.0. The Kier molecular flexibility index (Phi) is 77.2. The van der Waals surface area contributed by atoms with Gasteiger partial charge in [0.25, 0.3) is 11.8 Å². The molecule has 1 rings (SSSR count). The van der Waals surface area contributed by atoms with E-state index in [1.165, 1.54) is 64.0 Å². The van der Waals surface area contributed by atoms with Crippen molar-refractivity contribution >= 4 is 43.7 Å². The normalized spacial score (nSPS) is 12.1. The molecule has 4 amide bonds. The van der Waals surface area contributed by atoms with E-state index in [9.17, 15) is 24.0 Å². The van der Waals surface area contributed by atoms with Crippen LogP contribution in [-0.4, -0.2) is 80.6 Å². The molecule has 0 aromatic carbocycles. The number of hydrogen-bond donors (Lipinski definition) is 7. The second kappa shape index (κ2) is 65.3. The van der Waals surface area contributed by atoms with Crippen LogP contribution in [0.5, 0.6) is 0 Å². The molecular formula is C51H101N7O9. The summed E-state index contributed by atoms with van der Waals surface area (Å²) in [4.78, 5) is 73.1. The first-order chi connectivity index (χ1) is 32.1. The van der Waals surface area contributed by atoms with Gasteiger partial charge in [-0.3, -0.25) is 19.2 Å². The molecule has 0 aliphatic carbocycles. The smallest absolute Gasteiger partial charge is 0.321 e. The Morgan fingerprint density at radius 1 is 0.851 bits per heavy atom. The number of unbranched alkanes of at least 4 members (excludes halogenated alkanes) is 7. The number of carbonyl (C=O) groups is 7. The van der Waals surface area contributed by atoms with Crippen LogP contribution < -0.4 is 33.3 Å². The molecule has 394 valence electrons. The monoisotopic (exact) mass is 956 g/mol. The number of allylic oxidation sites excluding steroid dienone is 6. The van der Waals surface area contributed by atoms with E-state index in [2.05, 4.69) is 100 Å². The van der Waals surface area contributed by atoms with Gasteiger partial charge in [-0.1, -0.05) is 123 Å². The van der Waals surface area contributed by atoms with Gasteiger partial charge in [-0.05, 0) is 91.2 Å². The molecule has 1 fully saturated rings. The summed E-state index contributed by atoms with van der Waals surface area (Å²) in [5, 5.41) is 16.3. The molecule has 0 bridgehead atoms. The van der Waals surface area contributed by atoms with Crippen molar-refractivity contribution < 1.29 is 43.6 Å². The van der Waals surface area contributed by atoms with Crippen molar-refractivity contribution in [1.29, 1.82) is 0 Å². The number of likely N-dealkylation sites (N-methyl/N-ethyl adjacent to an activating group) is 1. The van der Waals surface area contributed by atoms with Crippen LogP contribution in [-0.2, 0) is 33.6 Å². The van der Waals surface area contributed by atoms with E-state index in [1.807, 2.05) is 72.6 Å². The van der Waals surface area contributed by atoms with Gasteiger partial charge < -0.3 is 47.1 Å². The average molecular weight is 956 g/mol. The fraction of sp³-hybridized carbons (Fsp3) is 0.667. The van der Waals surface area contributed by atoms with Crippen LogP contribution in [0.1, 0.15) is 179 Å². The van der Waals surface area contributed by atoms with E-state index >= 15 is 0 Å². The van der Waals surface area contributed by atoms with Crippen LogP contribution in [0.2, 0.25) is 0 Å². The summed E-state index contributed by atoms with van der Waals surface area (Å²) in [6.07, 6.45) is 26.0. The maximum absolute atomic E-state index is 11.3. The first-order valence-corrected chi connectivity index (χ1v) is 23.7. The van der Waals surface area contributed by atoms with Gasteiger partial charge in [0.15, 0.2) is 0 Å². The molecular weight excluding hydrogens is 855 g/mol. The highest BCUT2D eigenvalue weighted by molar-refractivity contribution is 6.01. The number of nitrogens with one attached hydrogen (secondary N) is 3. The molecule has 0 saturated carbocycles. The lowest BCUT2D eigenvalue weighted by Crippen LogP contribution is -2.35. The number of urea groups is 1. The Balaban J connectivity index is -0.000000117. The minimum absolute atomic E-state index is 0.0567. The number of Topliss-reactive ketones (excluding diaryl/α,β-unsaturated/α-hetero) is 1. The number of amides is 4. The fourth-order valence-electron chi connectivity index (χ4n) is 5.91. The Labute approximate surface area is 408 Å². The highest BCUT2D eigenvalue weighted by atomic mass is 16.7. The molecule has 16 heteroatoms. The van der Waals surface area contributed by atoms with Crippen molar-refractivity contribution in [2.45, 2.75) is 185 Å². The second-order valence-electron chi connectivity index (χ2n) is 15.0. The molecule has 1 unspecified atom stereocenters. The number of primary amides is 1. The van der Waals surface area contributed by atoms with Gasteiger partial charge >= 0.3 is 12.5 Å². The highest BCUT2D eigenvalue weighted by Gasteiger charge is 2.30. The first kappa shape index (κ1) is 79.2. The van der Waals surface area contributed by atoms with E-state index < -0.39 is 17.8 Å². The predicted octanol–water partition coefficient (Wildman–Crippen LogP) is 9.72. The summed E-state index contributed by atoms with van der Waals surface area (Å²) in [7, 11) is 3.41. The number of hydrogen-bond acceptors (Lipinski definition) is 13. The van der Waals surface area contributed by atoms with Crippen LogP contribution in [0.25, 0.3) is 0 Å². The molecule has 0 radical (unpaired) electrons. The molecule has 67 heavy (non-hydrogen) atoms. The van der Waals surface area contributed by atoms with Crippen LogP contribution in [0.3, 0.4) is 0 Å². The van der Waals surface area contributed by atoms with Gasteiger partial charge in [-0.25, -0.2) is 10.7 Å². The number of nitrogens with zero attached hydrogens (tertiary/aromatic N) is 1. The van der Waals surface area contributed by atoms with Crippen molar-refractivity contribution in [1.82, 2.24) is 21.0 Å². The third-order valence-corrected chi connectivity index (χ3v) is 9.30. The van der Waals surface area contributed by atoms with Gasteiger partial charge in [0, 0.05) is 62.6 Å². The summed E-state index contributed by atoms with van der Waals surface area (Å²) in [5.41, 5.74) is 13.3. The van der Waals surface area contributed by atoms with Crippen molar-refractivity contribution in [2.75, 3.05) is 20.6 Å². The number of carbonyl (C=O) groups excluding carboxylic acids is 7. The van der Waals surface area contributed by atoms with Gasteiger partial charge in [0.1, 0.15) is 19.4 Å². The minimum Gasteiger partial charge on any atom is -0.388 e. The van der Waals surface area contributed by atoms with Gasteiger partial charge in [0.2, 0.25) is 0 Å².